The van der Waals surface area contributed by atoms with Gasteiger partial charge in [0.15, 0.2) is 11.5 Å². The van der Waals surface area contributed by atoms with Crippen molar-refractivity contribution in [3.63, 3.8) is 0 Å². The van der Waals surface area contributed by atoms with Crippen molar-refractivity contribution in [2.45, 2.75) is 181 Å². The largest absolute Gasteiger partial charge is 0.465 e. The summed E-state index contributed by atoms with van der Waals surface area (Å²) in [5.41, 5.74) is 0.785. The number of hydrogen-bond acceptors (Lipinski definition) is 6. The fraction of sp³-hybridized carbons (Fsp3) is 0.392. The van der Waals surface area contributed by atoms with Crippen LogP contribution in [0, 0.1) is 0 Å². The number of carbonyl (C=O) groups is 3. The predicted octanol–water partition coefficient (Wildman–Crippen LogP) is 21.0. The third-order valence-corrected chi connectivity index (χ3v) is 11.4. The fourth-order valence-electron chi connectivity index (χ4n) is 7.10. The zero-order chi connectivity index (χ0) is 57.5. The number of benzene rings is 1. The normalized spacial score (nSPS) is 13.2. The molecule has 0 saturated carbocycles. The van der Waals surface area contributed by atoms with E-state index in [1.165, 1.54) is 0 Å². The molecule has 0 aliphatic carbocycles. The van der Waals surface area contributed by atoms with Crippen LogP contribution < -0.4 is 9.47 Å². The second-order valence-electron chi connectivity index (χ2n) is 18.6. The molecule has 80 heavy (non-hydrogen) atoms. The Balaban J connectivity index is 2.62. The van der Waals surface area contributed by atoms with Crippen LogP contribution in [-0.4, -0.2) is 24.5 Å². The molecular weight excluding hydrogens is 985 g/mol. The average molecular weight is 1090 g/mol. The van der Waals surface area contributed by atoms with Gasteiger partial charge in [-0.2, -0.15) is 0 Å². The predicted molar refractivity (Wildman–Crippen MR) is 345 cm³/mol. The van der Waals surface area contributed by atoms with Crippen LogP contribution in [0.3, 0.4) is 0 Å². The van der Waals surface area contributed by atoms with Crippen LogP contribution in [0.15, 0.2) is 237 Å². The summed E-state index contributed by atoms with van der Waals surface area (Å²) in [5.74, 6) is -0.784. The van der Waals surface area contributed by atoms with E-state index in [-0.39, 0.29) is 43.3 Å². The van der Waals surface area contributed by atoms with Gasteiger partial charge in [0.25, 0.3) is 0 Å². The molecule has 0 atom stereocenters. The minimum Gasteiger partial charge on any atom is -0.465 e. The van der Waals surface area contributed by atoms with Crippen molar-refractivity contribution in [1.29, 1.82) is 0 Å². The second kappa shape index (κ2) is 58.1. The molecule has 0 heterocycles. The molecule has 0 unspecified atom stereocenters. The van der Waals surface area contributed by atoms with E-state index in [9.17, 15) is 14.4 Å². The van der Waals surface area contributed by atoms with Crippen molar-refractivity contribution in [1.82, 2.24) is 0 Å². The molecule has 0 bridgehead atoms. The second-order valence-corrected chi connectivity index (χ2v) is 18.6. The Labute approximate surface area is 486 Å². The third-order valence-electron chi connectivity index (χ3n) is 11.4. The highest BCUT2D eigenvalue weighted by Gasteiger charge is 2.15. The van der Waals surface area contributed by atoms with Crippen LogP contribution in [0.2, 0.25) is 0 Å². The highest BCUT2D eigenvalue weighted by molar-refractivity contribution is 5.76. The van der Waals surface area contributed by atoms with Gasteiger partial charge in [0, 0.05) is 25.7 Å². The zero-order valence-electron chi connectivity index (χ0n) is 49.4. The molecule has 0 radical (unpaired) electrons. The van der Waals surface area contributed by atoms with Crippen molar-refractivity contribution in [2.75, 3.05) is 6.61 Å². The zero-order valence-corrected chi connectivity index (χ0v) is 49.4. The van der Waals surface area contributed by atoms with Crippen molar-refractivity contribution in [2.24, 2.45) is 0 Å². The van der Waals surface area contributed by atoms with E-state index in [1.54, 1.807) is 18.2 Å². The standard InChI is InChI=1S/C74H100O6/c1-4-7-10-13-16-19-22-25-28-31-34-37-40-43-46-49-52-55-58-61-72(75)78-67-66-69-64-65-70(79-73(76)62-59-56-53-50-47-44-41-38-35-32-29-26-23-20-17-14-11-8-5-2)71(68-69)80-74(77)63-60-57-54-51-48-45-42-39-36-33-30-27-24-21-18-15-12-9-6-3/h7-12,16-21,25-30,34-39,43-48,52-57,64-65,68H,4-6,13-15,22-24,31-33,40-42,49-51,58-63,66-67H2,1-3H3/b10-7-,11-8-,12-9-,19-16-,20-17-,21-18-,28-25-,29-26-,30-27-,37-34-,38-35-,39-36-,46-43-,47-44-,48-45-,55-52-,56-53-,57-54-. The van der Waals surface area contributed by atoms with Gasteiger partial charge < -0.3 is 14.2 Å². The molecule has 0 aromatic heterocycles. The van der Waals surface area contributed by atoms with Crippen LogP contribution in [0.5, 0.6) is 11.5 Å². The van der Waals surface area contributed by atoms with Crippen LogP contribution >= 0.6 is 0 Å². The van der Waals surface area contributed by atoms with Crippen LogP contribution in [-0.2, 0) is 25.5 Å². The maximum atomic E-state index is 13.1. The van der Waals surface area contributed by atoms with Gasteiger partial charge in [0.2, 0.25) is 0 Å². The third kappa shape index (κ3) is 50.5. The fourth-order valence-corrected chi connectivity index (χ4v) is 7.10. The summed E-state index contributed by atoms with van der Waals surface area (Å²) in [6.07, 6.45) is 97.1. The molecule has 0 saturated heterocycles. The molecule has 0 amide bonds. The Morgan fingerprint density at radius 2 is 0.537 bits per heavy atom. The average Bonchev–Trinajstić information content (AvgIpc) is 3.45. The van der Waals surface area contributed by atoms with Gasteiger partial charge in [-0.15, -0.1) is 0 Å². The summed E-state index contributed by atoms with van der Waals surface area (Å²) in [6, 6.07) is 5.13. The highest BCUT2D eigenvalue weighted by atomic mass is 16.6. The maximum Gasteiger partial charge on any atom is 0.311 e. The number of ether oxygens (including phenoxy) is 3. The number of esters is 3. The van der Waals surface area contributed by atoms with Gasteiger partial charge in [0.1, 0.15) is 0 Å². The Morgan fingerprint density at radius 1 is 0.300 bits per heavy atom. The van der Waals surface area contributed by atoms with E-state index in [0.29, 0.717) is 25.7 Å². The van der Waals surface area contributed by atoms with Crippen molar-refractivity contribution in [3.05, 3.63) is 242 Å². The molecule has 1 aromatic carbocycles. The summed E-state index contributed by atoms with van der Waals surface area (Å²) in [4.78, 5) is 38.6. The van der Waals surface area contributed by atoms with Crippen molar-refractivity contribution < 1.29 is 28.6 Å². The van der Waals surface area contributed by atoms with E-state index in [1.807, 2.05) is 30.4 Å². The molecule has 0 aliphatic rings. The van der Waals surface area contributed by atoms with E-state index < -0.39 is 11.9 Å². The van der Waals surface area contributed by atoms with Gasteiger partial charge in [-0.1, -0.05) is 246 Å². The molecule has 6 nitrogen and oxygen atoms in total. The molecule has 0 spiro atoms. The van der Waals surface area contributed by atoms with Crippen LogP contribution in [0.4, 0.5) is 0 Å². The maximum absolute atomic E-state index is 13.1. The number of carbonyl (C=O) groups excluding carboxylic acids is 3. The quantitative estimate of drug-likeness (QED) is 0.0368. The Morgan fingerprint density at radius 3 is 0.812 bits per heavy atom. The first-order chi connectivity index (χ1) is 39.5. The lowest BCUT2D eigenvalue weighted by atomic mass is 10.1. The number of rotatable bonds is 47. The van der Waals surface area contributed by atoms with Crippen molar-refractivity contribution >= 4 is 17.9 Å². The first-order valence-electron chi connectivity index (χ1n) is 29.9. The minimum atomic E-state index is -0.433. The van der Waals surface area contributed by atoms with E-state index in [0.717, 1.165) is 121 Å². The van der Waals surface area contributed by atoms with Gasteiger partial charge in [-0.25, -0.2) is 0 Å². The molecule has 6 heteroatoms. The lowest BCUT2D eigenvalue weighted by Gasteiger charge is -2.12. The van der Waals surface area contributed by atoms with Gasteiger partial charge in [-0.3, -0.25) is 14.4 Å². The topological polar surface area (TPSA) is 78.9 Å². The molecule has 432 valence electrons. The van der Waals surface area contributed by atoms with E-state index in [2.05, 4.69) is 209 Å². The summed E-state index contributed by atoms with van der Waals surface area (Å²) >= 11 is 0. The number of allylic oxidation sites excluding steroid dienone is 36. The summed E-state index contributed by atoms with van der Waals surface area (Å²) in [6.45, 7) is 6.61. The highest BCUT2D eigenvalue weighted by Crippen LogP contribution is 2.30. The molecule has 1 aromatic rings. The van der Waals surface area contributed by atoms with Crippen LogP contribution in [0.25, 0.3) is 0 Å². The first-order valence-corrected chi connectivity index (χ1v) is 29.9. The first kappa shape index (κ1) is 71.0. The molecular formula is C74H100O6. The Kier molecular flexibility index (Phi) is 51.5. The lowest BCUT2D eigenvalue weighted by molar-refractivity contribution is -0.143. The number of hydrogen-bond donors (Lipinski definition) is 0. The van der Waals surface area contributed by atoms with Gasteiger partial charge in [0.05, 0.1) is 6.61 Å². The van der Waals surface area contributed by atoms with Crippen molar-refractivity contribution in [3.8, 4) is 11.5 Å². The summed E-state index contributed by atoms with van der Waals surface area (Å²) < 4.78 is 17.1. The van der Waals surface area contributed by atoms with E-state index >= 15 is 0 Å². The summed E-state index contributed by atoms with van der Waals surface area (Å²) in [7, 11) is 0. The Hall–Kier alpha value is -7.05. The molecule has 0 fully saturated rings. The van der Waals surface area contributed by atoms with Crippen LogP contribution in [0.1, 0.15) is 180 Å². The van der Waals surface area contributed by atoms with Gasteiger partial charge >= 0.3 is 17.9 Å². The summed E-state index contributed by atoms with van der Waals surface area (Å²) in [5, 5.41) is 0. The molecule has 1 rings (SSSR count). The lowest BCUT2D eigenvalue weighted by Crippen LogP contribution is -2.12. The monoisotopic (exact) mass is 1080 g/mol. The minimum absolute atomic E-state index is 0.164. The van der Waals surface area contributed by atoms with Gasteiger partial charge in [-0.05, 0) is 153 Å². The van der Waals surface area contributed by atoms with E-state index in [4.69, 9.17) is 14.2 Å². The SMILES string of the molecule is CC/C=C\C/C=C\C/C=C\C/C=C\C/C=C\C/C=C\CCC(=O)OCCc1ccc(OC(=O)CC/C=C\C/C=C\C/C=C\C/C=C\C/C=C\C/C=C\CC)c(OC(=O)CC/C=C\C/C=C\C/C=C\C/C=C\C/C=C\C/C=C\CC)c1. The Bertz CT molecular complexity index is 2300. The molecule has 0 N–H and O–H groups in total. The molecule has 0 aliphatic heterocycles. The smallest absolute Gasteiger partial charge is 0.311 e.